The van der Waals surface area contributed by atoms with Crippen LogP contribution in [0.1, 0.15) is 17.7 Å². The van der Waals surface area contributed by atoms with Crippen molar-refractivity contribution in [2.24, 2.45) is 0 Å². The summed E-state index contributed by atoms with van der Waals surface area (Å²) in [5.41, 5.74) is -0.957. The van der Waals surface area contributed by atoms with Crippen LogP contribution in [-0.4, -0.2) is 28.2 Å². The third-order valence-electron chi connectivity index (χ3n) is 3.03. The average molecular weight is 362 g/mol. The van der Waals surface area contributed by atoms with Gasteiger partial charge in [0.25, 0.3) is 0 Å². The van der Waals surface area contributed by atoms with E-state index in [-0.39, 0.29) is 37.0 Å². The predicted molar refractivity (Wildman–Crippen MR) is 80.9 cm³/mol. The van der Waals surface area contributed by atoms with Crippen LogP contribution >= 0.6 is 0 Å². The van der Waals surface area contributed by atoms with Gasteiger partial charge >= 0.3 is 6.18 Å². The van der Waals surface area contributed by atoms with Gasteiger partial charge in [-0.1, -0.05) is 0 Å². The first-order valence-corrected chi connectivity index (χ1v) is 7.28. The first-order valence-electron chi connectivity index (χ1n) is 7.28. The summed E-state index contributed by atoms with van der Waals surface area (Å²) < 4.78 is 65.0. The molecule has 1 aromatic heterocycles. The fourth-order valence-electron chi connectivity index (χ4n) is 1.95. The van der Waals surface area contributed by atoms with Crippen molar-refractivity contribution in [3.05, 3.63) is 47.2 Å². The SMILES string of the molecule is OCCCNc1nc(NCc2cc(F)cc(F)c2)cc(C(F)(F)F)n1. The Morgan fingerprint density at radius 2 is 1.64 bits per heavy atom. The van der Waals surface area contributed by atoms with Gasteiger partial charge in [0, 0.05) is 31.8 Å². The first-order chi connectivity index (χ1) is 11.8. The van der Waals surface area contributed by atoms with Gasteiger partial charge in [-0.05, 0) is 24.1 Å². The number of aliphatic hydroxyl groups excluding tert-OH is 1. The van der Waals surface area contributed by atoms with Crippen molar-refractivity contribution < 1.29 is 27.1 Å². The van der Waals surface area contributed by atoms with Crippen molar-refractivity contribution in [3.8, 4) is 0 Å². The van der Waals surface area contributed by atoms with Crippen LogP contribution in [0.3, 0.4) is 0 Å². The van der Waals surface area contributed by atoms with Crippen molar-refractivity contribution in [1.82, 2.24) is 9.97 Å². The van der Waals surface area contributed by atoms with Gasteiger partial charge in [0.1, 0.15) is 17.5 Å². The standard InChI is InChI=1S/C15H15F5N4O/c16-10-4-9(5-11(17)6-10)8-22-13-7-12(15(18,19)20)23-14(24-13)21-2-1-3-25/h4-7,25H,1-3,8H2,(H2,21,22,23,24). The largest absolute Gasteiger partial charge is 0.433 e. The molecule has 5 nitrogen and oxygen atoms in total. The summed E-state index contributed by atoms with van der Waals surface area (Å²) in [6, 6.07) is 3.51. The number of benzene rings is 1. The third-order valence-corrected chi connectivity index (χ3v) is 3.03. The van der Waals surface area contributed by atoms with Gasteiger partial charge in [-0.15, -0.1) is 0 Å². The van der Waals surface area contributed by atoms with Crippen LogP contribution in [0.5, 0.6) is 0 Å². The van der Waals surface area contributed by atoms with E-state index in [4.69, 9.17) is 5.11 Å². The van der Waals surface area contributed by atoms with E-state index in [2.05, 4.69) is 20.6 Å². The minimum absolute atomic E-state index is 0.126. The number of aliphatic hydroxyl groups is 1. The fraction of sp³-hybridized carbons (Fsp3) is 0.333. The number of halogens is 5. The molecule has 136 valence electrons. The number of hydrogen-bond acceptors (Lipinski definition) is 5. The van der Waals surface area contributed by atoms with Crippen LogP contribution in [0.2, 0.25) is 0 Å². The van der Waals surface area contributed by atoms with E-state index in [0.717, 1.165) is 12.1 Å². The lowest BCUT2D eigenvalue weighted by molar-refractivity contribution is -0.141. The second-order valence-electron chi connectivity index (χ2n) is 5.09. The summed E-state index contributed by atoms with van der Waals surface area (Å²) in [6.07, 6.45) is -4.37. The van der Waals surface area contributed by atoms with Crippen LogP contribution in [0.25, 0.3) is 0 Å². The van der Waals surface area contributed by atoms with E-state index in [1.54, 1.807) is 0 Å². The number of hydrogen-bond donors (Lipinski definition) is 3. The molecule has 2 rings (SSSR count). The van der Waals surface area contributed by atoms with Crippen LogP contribution in [-0.2, 0) is 12.7 Å². The van der Waals surface area contributed by atoms with E-state index >= 15 is 0 Å². The smallest absolute Gasteiger partial charge is 0.396 e. The zero-order valence-corrected chi connectivity index (χ0v) is 12.9. The quantitative estimate of drug-likeness (QED) is 0.521. The maximum absolute atomic E-state index is 13.1. The highest BCUT2D eigenvalue weighted by Crippen LogP contribution is 2.29. The summed E-state index contributed by atoms with van der Waals surface area (Å²) in [7, 11) is 0. The molecular formula is C15H15F5N4O. The fourth-order valence-corrected chi connectivity index (χ4v) is 1.95. The summed E-state index contributed by atoms with van der Waals surface area (Å²) in [5, 5.41) is 13.9. The molecule has 0 aliphatic carbocycles. The van der Waals surface area contributed by atoms with Gasteiger partial charge in [0.2, 0.25) is 5.95 Å². The Balaban J connectivity index is 2.18. The maximum Gasteiger partial charge on any atom is 0.433 e. The Hall–Kier alpha value is -2.49. The number of anilines is 2. The molecule has 25 heavy (non-hydrogen) atoms. The van der Waals surface area contributed by atoms with Crippen molar-refractivity contribution >= 4 is 11.8 Å². The molecule has 0 spiro atoms. The summed E-state index contributed by atoms with van der Waals surface area (Å²) in [4.78, 5) is 7.25. The Morgan fingerprint density at radius 1 is 0.960 bits per heavy atom. The van der Waals surface area contributed by atoms with E-state index in [0.29, 0.717) is 18.6 Å². The monoisotopic (exact) mass is 362 g/mol. The second-order valence-corrected chi connectivity index (χ2v) is 5.09. The highest BCUT2D eigenvalue weighted by molar-refractivity contribution is 5.43. The van der Waals surface area contributed by atoms with Crippen LogP contribution in [0, 0.1) is 11.6 Å². The van der Waals surface area contributed by atoms with E-state index < -0.39 is 23.5 Å². The lowest BCUT2D eigenvalue weighted by atomic mass is 10.2. The Morgan fingerprint density at radius 3 is 2.24 bits per heavy atom. The third kappa shape index (κ3) is 5.82. The molecule has 0 saturated heterocycles. The highest BCUT2D eigenvalue weighted by Gasteiger charge is 2.33. The highest BCUT2D eigenvalue weighted by atomic mass is 19.4. The molecule has 0 aliphatic rings. The van der Waals surface area contributed by atoms with Gasteiger partial charge in [-0.25, -0.2) is 13.8 Å². The van der Waals surface area contributed by atoms with Gasteiger partial charge < -0.3 is 15.7 Å². The Bertz CT molecular complexity index is 703. The molecule has 3 N–H and O–H groups in total. The molecule has 0 aliphatic heterocycles. The molecule has 2 aromatic rings. The van der Waals surface area contributed by atoms with Gasteiger partial charge in [-0.3, -0.25) is 0 Å². The van der Waals surface area contributed by atoms with Crippen molar-refractivity contribution in [1.29, 1.82) is 0 Å². The molecular weight excluding hydrogens is 347 g/mol. The zero-order chi connectivity index (χ0) is 18.4. The number of rotatable bonds is 7. The minimum atomic E-state index is -4.68. The van der Waals surface area contributed by atoms with Gasteiger partial charge in [-0.2, -0.15) is 18.2 Å². The molecule has 0 bridgehead atoms. The normalized spacial score (nSPS) is 11.4. The van der Waals surface area contributed by atoms with Crippen LogP contribution in [0.4, 0.5) is 33.7 Å². The van der Waals surface area contributed by atoms with E-state index in [9.17, 15) is 22.0 Å². The first kappa shape index (κ1) is 18.8. The maximum atomic E-state index is 13.1. The molecule has 0 fully saturated rings. The number of alkyl halides is 3. The Labute approximate surface area is 139 Å². The molecule has 0 radical (unpaired) electrons. The van der Waals surface area contributed by atoms with Crippen LogP contribution < -0.4 is 10.6 Å². The Kier molecular flexibility index (Phi) is 6.07. The van der Waals surface area contributed by atoms with Crippen molar-refractivity contribution in [3.63, 3.8) is 0 Å². The van der Waals surface area contributed by atoms with Crippen molar-refractivity contribution in [2.75, 3.05) is 23.8 Å². The molecule has 10 heteroatoms. The topological polar surface area (TPSA) is 70.1 Å². The summed E-state index contributed by atoms with van der Waals surface area (Å²) in [5.74, 6) is -2.00. The molecule has 0 amide bonds. The van der Waals surface area contributed by atoms with E-state index in [1.165, 1.54) is 0 Å². The average Bonchev–Trinajstić information content (AvgIpc) is 2.51. The van der Waals surface area contributed by atoms with Crippen LogP contribution in [0.15, 0.2) is 24.3 Å². The lowest BCUT2D eigenvalue weighted by Crippen LogP contribution is -2.15. The zero-order valence-electron chi connectivity index (χ0n) is 12.9. The minimum Gasteiger partial charge on any atom is -0.396 e. The molecule has 0 saturated carbocycles. The summed E-state index contributed by atoms with van der Waals surface area (Å²) >= 11 is 0. The molecule has 1 heterocycles. The predicted octanol–water partition coefficient (Wildman–Crippen LogP) is 3.18. The molecule has 0 unspecified atom stereocenters. The van der Waals surface area contributed by atoms with E-state index in [1.807, 2.05) is 0 Å². The number of aromatic nitrogens is 2. The van der Waals surface area contributed by atoms with Gasteiger partial charge in [0.05, 0.1) is 0 Å². The summed E-state index contributed by atoms with van der Waals surface area (Å²) in [6.45, 7) is -0.0758. The lowest BCUT2D eigenvalue weighted by Gasteiger charge is -2.13. The second kappa shape index (κ2) is 8.06. The van der Waals surface area contributed by atoms with Crippen molar-refractivity contribution in [2.45, 2.75) is 19.1 Å². The molecule has 0 atom stereocenters. The number of nitrogens with zero attached hydrogens (tertiary/aromatic N) is 2. The number of nitrogens with one attached hydrogen (secondary N) is 2. The van der Waals surface area contributed by atoms with Gasteiger partial charge in [0.15, 0.2) is 5.69 Å². The molecule has 1 aromatic carbocycles.